The number of aliphatic hydroxyl groups excluding tert-OH is 2. The largest absolute Gasteiger partial charge is 0.511 e. The van der Waals surface area contributed by atoms with Crippen molar-refractivity contribution in [2.75, 3.05) is 19.9 Å². The molecule has 2 unspecified atom stereocenters. The maximum atomic E-state index is 12.2. The van der Waals surface area contributed by atoms with Gasteiger partial charge >= 0.3 is 7.68 Å². The summed E-state index contributed by atoms with van der Waals surface area (Å²) in [7, 11) is -1.07. The number of phenols is 1. The van der Waals surface area contributed by atoms with Crippen molar-refractivity contribution in [1.82, 2.24) is 0 Å². The van der Waals surface area contributed by atoms with Crippen molar-refractivity contribution in [2.24, 2.45) is 5.92 Å². The van der Waals surface area contributed by atoms with Crippen LogP contribution in [0.1, 0.15) is 16.8 Å². The molecule has 1 aliphatic carbocycles. The Morgan fingerprint density at radius 1 is 1.28 bits per heavy atom. The molecule has 1 radical (unpaired) electrons. The number of carbonyl (C=O) groups excluding carboxylic acids is 1. The standard InChI is InChI=1S/C19H21O8P.K/c1-26-19-6-3-12(9-18(19)23)15(20)5-4-14-16(21)10-13(11-17(14)22)27-7-2-8-28(24)25;/h3-6,9-11,14,16,21-23H,2,7-8H2,1H3;. The van der Waals surface area contributed by atoms with Gasteiger partial charge in [0.05, 0.1) is 31.9 Å². The number of methoxy groups -OCH3 is 1. The van der Waals surface area contributed by atoms with E-state index in [0.29, 0.717) is 6.42 Å². The van der Waals surface area contributed by atoms with Gasteiger partial charge in [0.1, 0.15) is 11.5 Å². The molecule has 1 aromatic carbocycles. The molecular formula is C19H21KO8P. The molecule has 8 nitrogen and oxygen atoms in total. The molecule has 1 aliphatic rings. The Kier molecular flexibility index (Phi) is 11.1. The molecule has 0 spiro atoms. The van der Waals surface area contributed by atoms with Crippen LogP contribution in [-0.4, -0.2) is 98.5 Å². The van der Waals surface area contributed by atoms with E-state index in [1.807, 2.05) is 0 Å². The first-order chi connectivity index (χ1) is 13.3. The van der Waals surface area contributed by atoms with Crippen molar-refractivity contribution >= 4 is 64.8 Å². The van der Waals surface area contributed by atoms with Gasteiger partial charge in [-0.25, -0.2) is 9.13 Å². The van der Waals surface area contributed by atoms with Crippen LogP contribution in [-0.2, 0) is 13.9 Å². The molecule has 0 bridgehead atoms. The quantitative estimate of drug-likeness (QED) is 0.173. The molecule has 2 rings (SSSR count). The molecule has 0 heterocycles. The Balaban J connectivity index is 0.00000420. The van der Waals surface area contributed by atoms with Gasteiger partial charge in [0.2, 0.25) is 0 Å². The van der Waals surface area contributed by atoms with Crippen LogP contribution in [0.15, 0.2) is 54.0 Å². The molecule has 1 aromatic rings. The third-order valence-corrected chi connectivity index (χ3v) is 4.69. The maximum absolute atomic E-state index is 12.2. The van der Waals surface area contributed by atoms with Gasteiger partial charge in [-0.1, -0.05) is 6.08 Å². The first-order valence-corrected chi connectivity index (χ1v) is 9.82. The van der Waals surface area contributed by atoms with Crippen LogP contribution in [0.2, 0.25) is 0 Å². The number of aromatic hydroxyl groups is 1. The second kappa shape index (κ2) is 12.5. The van der Waals surface area contributed by atoms with Crippen LogP contribution in [0, 0.1) is 5.92 Å². The van der Waals surface area contributed by atoms with E-state index in [2.05, 4.69) is 0 Å². The van der Waals surface area contributed by atoms with Gasteiger partial charge in [0.15, 0.2) is 17.3 Å². The normalized spacial score (nSPS) is 18.4. The van der Waals surface area contributed by atoms with E-state index in [-0.39, 0.29) is 92.7 Å². The molecule has 0 aromatic heterocycles. The van der Waals surface area contributed by atoms with Crippen LogP contribution < -0.4 is 4.74 Å². The smallest absolute Gasteiger partial charge is 0.315 e. The summed E-state index contributed by atoms with van der Waals surface area (Å²) in [5.41, 5.74) is 0.222. The van der Waals surface area contributed by atoms with Crippen LogP contribution in [0.4, 0.5) is 0 Å². The molecule has 0 saturated carbocycles. The molecule has 0 saturated heterocycles. The zero-order chi connectivity index (χ0) is 20.7. The number of ether oxygens (including phenoxy) is 2. The second-order valence-corrected chi connectivity index (χ2v) is 7.14. The molecule has 29 heavy (non-hydrogen) atoms. The Morgan fingerprint density at radius 2 is 2.00 bits per heavy atom. The van der Waals surface area contributed by atoms with E-state index in [4.69, 9.17) is 9.47 Å². The van der Waals surface area contributed by atoms with Crippen molar-refractivity contribution in [1.29, 1.82) is 0 Å². The summed E-state index contributed by atoms with van der Waals surface area (Å²) in [4.78, 5) is 12.2. The van der Waals surface area contributed by atoms with Gasteiger partial charge < -0.3 is 24.8 Å². The zero-order valence-corrected chi connectivity index (χ0v) is 20.2. The molecule has 0 amide bonds. The number of hydrogen-bond acceptors (Lipinski definition) is 8. The SMILES string of the molecule is COc1ccc(C(=O)C=CC2C(O)=CC(OCCCP(=O)=O)=CC2O)cc1O.[K]. The number of hydrogen-bond donors (Lipinski definition) is 3. The fourth-order valence-electron chi connectivity index (χ4n) is 2.55. The van der Waals surface area contributed by atoms with E-state index < -0.39 is 25.5 Å². The van der Waals surface area contributed by atoms with Crippen molar-refractivity contribution in [2.45, 2.75) is 12.5 Å². The predicted octanol–water partition coefficient (Wildman–Crippen LogP) is 2.66. The number of rotatable bonds is 9. The summed E-state index contributed by atoms with van der Waals surface area (Å²) < 4.78 is 31.2. The van der Waals surface area contributed by atoms with Crippen LogP contribution in [0.3, 0.4) is 0 Å². The summed E-state index contributed by atoms with van der Waals surface area (Å²) in [5, 5.41) is 30.0. The van der Waals surface area contributed by atoms with Crippen LogP contribution >= 0.6 is 7.68 Å². The third kappa shape index (κ3) is 7.86. The van der Waals surface area contributed by atoms with Gasteiger partial charge in [-0.05, 0) is 36.8 Å². The maximum Gasteiger partial charge on any atom is 0.315 e. The molecule has 10 heteroatoms. The number of carbonyl (C=O) groups is 1. The van der Waals surface area contributed by atoms with Crippen molar-refractivity contribution in [3.8, 4) is 11.5 Å². The first kappa shape index (κ1) is 25.8. The number of phenolic OH excluding ortho intramolecular Hbond substituents is 1. The minimum atomic E-state index is -2.47. The van der Waals surface area contributed by atoms with E-state index in [1.54, 1.807) is 0 Å². The molecular weight excluding hydrogens is 426 g/mol. The summed E-state index contributed by atoms with van der Waals surface area (Å²) in [5.74, 6) is -1.16. The number of ketones is 1. The zero-order valence-electron chi connectivity index (χ0n) is 16.1. The van der Waals surface area contributed by atoms with Crippen LogP contribution in [0.25, 0.3) is 0 Å². The van der Waals surface area contributed by atoms with E-state index in [9.17, 15) is 29.2 Å². The summed E-state index contributed by atoms with van der Waals surface area (Å²) in [6, 6.07) is 4.21. The second-order valence-electron chi connectivity index (χ2n) is 6.02. The summed E-state index contributed by atoms with van der Waals surface area (Å²) in [6.07, 6.45) is 4.41. The van der Waals surface area contributed by atoms with E-state index in [1.165, 1.54) is 49.6 Å². The topological polar surface area (TPSA) is 130 Å². The fraction of sp³-hybridized carbons (Fsp3) is 0.316. The van der Waals surface area contributed by atoms with Gasteiger partial charge in [0, 0.05) is 63.0 Å². The predicted molar refractivity (Wildman–Crippen MR) is 106 cm³/mol. The Morgan fingerprint density at radius 3 is 2.59 bits per heavy atom. The molecule has 151 valence electrons. The fourth-order valence-corrected chi connectivity index (χ4v) is 2.94. The van der Waals surface area contributed by atoms with Crippen molar-refractivity contribution in [3.05, 3.63) is 59.6 Å². The van der Waals surface area contributed by atoms with Crippen molar-refractivity contribution in [3.63, 3.8) is 0 Å². The van der Waals surface area contributed by atoms with Crippen molar-refractivity contribution < 1.29 is 38.7 Å². The average Bonchev–Trinajstić information content (AvgIpc) is 2.64. The van der Waals surface area contributed by atoms with Gasteiger partial charge in [-0.2, -0.15) is 0 Å². The average molecular weight is 447 g/mol. The minimum absolute atomic E-state index is 0. The van der Waals surface area contributed by atoms with Gasteiger partial charge in [0.25, 0.3) is 0 Å². The van der Waals surface area contributed by atoms with E-state index in [0.717, 1.165) is 0 Å². The minimum Gasteiger partial charge on any atom is -0.511 e. The van der Waals surface area contributed by atoms with Crippen LogP contribution in [0.5, 0.6) is 11.5 Å². The number of allylic oxidation sites excluding steroid dienone is 2. The molecule has 2 atom stereocenters. The number of aliphatic hydroxyl groups is 2. The van der Waals surface area contributed by atoms with Gasteiger partial charge in [-0.15, -0.1) is 0 Å². The Bertz CT molecular complexity index is 880. The monoisotopic (exact) mass is 447 g/mol. The number of benzene rings is 1. The van der Waals surface area contributed by atoms with Gasteiger partial charge in [-0.3, -0.25) is 4.79 Å². The Labute approximate surface area is 211 Å². The third-order valence-electron chi connectivity index (χ3n) is 4.01. The molecule has 0 fully saturated rings. The van der Waals surface area contributed by atoms with E-state index >= 15 is 0 Å². The summed E-state index contributed by atoms with van der Waals surface area (Å²) in [6.45, 7) is 0.131. The molecule has 0 aliphatic heterocycles. The first-order valence-electron chi connectivity index (χ1n) is 8.46. The summed E-state index contributed by atoms with van der Waals surface area (Å²) >= 11 is 0. The Hall–Kier alpha value is -1.19. The molecule has 3 N–H and O–H groups in total.